The molecule has 2 N–H and O–H groups in total. The second-order valence-electron chi connectivity index (χ2n) is 8.31. The molecule has 1 aliphatic heterocycles. The van der Waals surface area contributed by atoms with Gasteiger partial charge in [0, 0.05) is 12.5 Å². The molecular formula is C21H27N3O3. The Morgan fingerprint density at radius 3 is 2.67 bits per heavy atom. The van der Waals surface area contributed by atoms with Gasteiger partial charge in [0.15, 0.2) is 0 Å². The normalized spacial score (nSPS) is 30.5. The maximum absolute atomic E-state index is 12.6. The van der Waals surface area contributed by atoms with Crippen molar-refractivity contribution in [1.82, 2.24) is 15.5 Å². The molecule has 2 saturated carbocycles. The monoisotopic (exact) mass is 369 g/mol. The van der Waals surface area contributed by atoms with E-state index < -0.39 is 12.1 Å². The molecule has 0 unspecified atom stereocenters. The van der Waals surface area contributed by atoms with Crippen LogP contribution in [0.3, 0.4) is 0 Å². The van der Waals surface area contributed by atoms with Crippen molar-refractivity contribution in [3.05, 3.63) is 35.9 Å². The number of hydrogen-bond acceptors (Lipinski definition) is 3. The fraction of sp³-hybridized carbons (Fsp3) is 0.571. The molecule has 1 heterocycles. The Bertz CT molecular complexity index is 735. The van der Waals surface area contributed by atoms with Gasteiger partial charge < -0.3 is 10.6 Å². The maximum Gasteiger partial charge on any atom is 0.325 e. The minimum Gasteiger partial charge on any atom is -0.352 e. The lowest BCUT2D eigenvalue weighted by atomic mass is 9.84. The largest absolute Gasteiger partial charge is 0.352 e. The Morgan fingerprint density at radius 2 is 2.00 bits per heavy atom. The minimum atomic E-state index is -0.601. The molecule has 0 aromatic heterocycles. The fourth-order valence-electron chi connectivity index (χ4n) is 5.17. The van der Waals surface area contributed by atoms with E-state index in [-0.39, 0.29) is 24.4 Å². The Labute approximate surface area is 159 Å². The van der Waals surface area contributed by atoms with Gasteiger partial charge in [-0.05, 0) is 49.5 Å². The zero-order chi connectivity index (χ0) is 19.0. The number of hydrogen-bond donors (Lipinski definition) is 2. The van der Waals surface area contributed by atoms with Gasteiger partial charge in [0.2, 0.25) is 5.91 Å². The average molecular weight is 369 g/mol. The lowest BCUT2D eigenvalue weighted by Gasteiger charge is -2.29. The summed E-state index contributed by atoms with van der Waals surface area (Å²) in [4.78, 5) is 38.2. The van der Waals surface area contributed by atoms with Crippen LogP contribution in [0.4, 0.5) is 4.79 Å². The van der Waals surface area contributed by atoms with Crippen molar-refractivity contribution >= 4 is 17.8 Å². The molecule has 1 aromatic carbocycles. The topological polar surface area (TPSA) is 78.5 Å². The summed E-state index contributed by atoms with van der Waals surface area (Å²) in [5, 5.41) is 5.72. The van der Waals surface area contributed by atoms with Gasteiger partial charge in [-0.1, -0.05) is 36.8 Å². The van der Waals surface area contributed by atoms with Crippen LogP contribution in [0.1, 0.15) is 38.2 Å². The number of urea groups is 1. The van der Waals surface area contributed by atoms with E-state index in [1.54, 1.807) is 0 Å². The summed E-state index contributed by atoms with van der Waals surface area (Å²) in [6.07, 6.45) is 5.51. The molecule has 6 nitrogen and oxygen atoms in total. The van der Waals surface area contributed by atoms with E-state index in [0.717, 1.165) is 22.3 Å². The molecular weight excluding hydrogens is 342 g/mol. The molecule has 4 amide bonds. The van der Waals surface area contributed by atoms with E-state index in [9.17, 15) is 14.4 Å². The van der Waals surface area contributed by atoms with Gasteiger partial charge in [0.05, 0.1) is 0 Å². The van der Waals surface area contributed by atoms with Crippen molar-refractivity contribution in [2.45, 2.75) is 51.1 Å². The summed E-state index contributed by atoms with van der Waals surface area (Å²) in [6.45, 7) is 1.84. The van der Waals surface area contributed by atoms with Crippen molar-refractivity contribution in [2.24, 2.45) is 17.8 Å². The number of carbonyl (C=O) groups is 3. The number of amides is 4. The zero-order valence-electron chi connectivity index (χ0n) is 15.7. The highest BCUT2D eigenvalue weighted by molar-refractivity contribution is 6.06. The van der Waals surface area contributed by atoms with E-state index in [4.69, 9.17) is 0 Å². The number of nitrogens with one attached hydrogen (secondary N) is 2. The van der Waals surface area contributed by atoms with Crippen LogP contribution in [0.15, 0.2) is 30.3 Å². The van der Waals surface area contributed by atoms with Gasteiger partial charge in [-0.3, -0.25) is 14.5 Å². The van der Waals surface area contributed by atoms with Gasteiger partial charge >= 0.3 is 6.03 Å². The van der Waals surface area contributed by atoms with E-state index in [0.29, 0.717) is 12.3 Å². The Balaban J connectivity index is 1.31. The Hall–Kier alpha value is -2.37. The highest BCUT2D eigenvalue weighted by Crippen LogP contribution is 2.49. The minimum absolute atomic E-state index is 0.0914. The van der Waals surface area contributed by atoms with Crippen LogP contribution in [0, 0.1) is 17.8 Å². The lowest BCUT2D eigenvalue weighted by Crippen LogP contribution is -2.46. The first kappa shape index (κ1) is 18.0. The van der Waals surface area contributed by atoms with Gasteiger partial charge in [-0.25, -0.2) is 4.79 Å². The number of nitrogens with zero attached hydrogens (tertiary/aromatic N) is 1. The number of imide groups is 1. The second kappa shape index (κ2) is 7.33. The van der Waals surface area contributed by atoms with Crippen LogP contribution in [0.5, 0.6) is 0 Å². The number of rotatable bonds is 6. The van der Waals surface area contributed by atoms with Gasteiger partial charge in [-0.15, -0.1) is 0 Å². The van der Waals surface area contributed by atoms with Crippen molar-refractivity contribution in [3.8, 4) is 0 Å². The van der Waals surface area contributed by atoms with E-state index in [2.05, 4.69) is 10.6 Å². The first-order chi connectivity index (χ1) is 13.0. The number of carbonyl (C=O) groups excluding carboxylic acids is 3. The lowest BCUT2D eigenvalue weighted by molar-refractivity contribution is -0.132. The molecule has 1 saturated heterocycles. The molecule has 2 bridgehead atoms. The highest BCUT2D eigenvalue weighted by atomic mass is 16.2. The Kier molecular flexibility index (Phi) is 4.89. The molecule has 4 rings (SSSR count). The molecule has 2 aliphatic carbocycles. The number of fused-ring (bicyclic) bond motifs is 2. The van der Waals surface area contributed by atoms with Gasteiger partial charge in [-0.2, -0.15) is 0 Å². The summed E-state index contributed by atoms with van der Waals surface area (Å²) in [7, 11) is 0. The third-order valence-corrected chi connectivity index (χ3v) is 6.52. The molecule has 0 radical (unpaired) electrons. The average Bonchev–Trinajstić information content (AvgIpc) is 3.34. The predicted molar refractivity (Wildman–Crippen MR) is 101 cm³/mol. The van der Waals surface area contributed by atoms with E-state index in [1.165, 1.54) is 25.7 Å². The summed E-state index contributed by atoms with van der Waals surface area (Å²) in [5.41, 5.74) is 0.979. The van der Waals surface area contributed by atoms with Gasteiger partial charge in [0.1, 0.15) is 12.6 Å². The highest BCUT2D eigenvalue weighted by Gasteiger charge is 2.43. The third-order valence-electron chi connectivity index (χ3n) is 6.52. The summed E-state index contributed by atoms with van der Waals surface area (Å²) in [5.74, 6) is 1.49. The summed E-state index contributed by atoms with van der Waals surface area (Å²) >= 11 is 0. The first-order valence-electron chi connectivity index (χ1n) is 9.96. The van der Waals surface area contributed by atoms with Crippen LogP contribution in [-0.4, -0.2) is 41.4 Å². The Morgan fingerprint density at radius 1 is 1.22 bits per heavy atom. The molecule has 1 aromatic rings. The second-order valence-corrected chi connectivity index (χ2v) is 8.31. The fourth-order valence-corrected chi connectivity index (χ4v) is 5.17. The number of benzene rings is 1. The van der Waals surface area contributed by atoms with E-state index in [1.807, 2.05) is 37.3 Å². The van der Waals surface area contributed by atoms with Crippen molar-refractivity contribution in [1.29, 1.82) is 0 Å². The maximum atomic E-state index is 12.6. The quantitative estimate of drug-likeness (QED) is 0.754. The predicted octanol–water partition coefficient (Wildman–Crippen LogP) is 2.09. The standard InChI is InChI=1S/C21H27N3O3/c1-13(17-10-15-7-8-16(17)9-15)22-19(25)12-24-20(26)18(23-21(24)27)11-14-5-3-2-4-6-14/h2-6,13,15-18H,7-12H2,1H3,(H,22,25)(H,23,27)/t13-,15-,16-,17+,18-/m0/s1. The smallest absolute Gasteiger partial charge is 0.325 e. The van der Waals surface area contributed by atoms with E-state index >= 15 is 0 Å². The van der Waals surface area contributed by atoms with Crippen LogP contribution in [0.2, 0.25) is 0 Å². The van der Waals surface area contributed by atoms with Crippen LogP contribution in [0.25, 0.3) is 0 Å². The zero-order valence-corrected chi connectivity index (χ0v) is 15.7. The van der Waals surface area contributed by atoms with Crippen molar-refractivity contribution in [2.75, 3.05) is 6.54 Å². The molecule has 3 fully saturated rings. The molecule has 144 valence electrons. The molecule has 3 aliphatic rings. The molecule has 27 heavy (non-hydrogen) atoms. The van der Waals surface area contributed by atoms with Crippen LogP contribution < -0.4 is 10.6 Å². The summed E-state index contributed by atoms with van der Waals surface area (Å²) in [6, 6.07) is 8.56. The molecule has 0 spiro atoms. The van der Waals surface area contributed by atoms with Crippen LogP contribution >= 0.6 is 0 Å². The summed E-state index contributed by atoms with van der Waals surface area (Å²) < 4.78 is 0. The van der Waals surface area contributed by atoms with Gasteiger partial charge in [0.25, 0.3) is 5.91 Å². The molecule has 5 atom stereocenters. The van der Waals surface area contributed by atoms with Crippen LogP contribution in [-0.2, 0) is 16.0 Å². The SMILES string of the molecule is C[C@H](NC(=O)CN1C(=O)N[C@@H](Cc2ccccc2)C1=O)[C@H]1C[C@H]2CC[C@H]1C2. The molecule has 6 heteroatoms. The van der Waals surface area contributed by atoms with Crippen molar-refractivity contribution in [3.63, 3.8) is 0 Å². The third kappa shape index (κ3) is 3.70. The first-order valence-corrected chi connectivity index (χ1v) is 9.96. The van der Waals surface area contributed by atoms with Crippen molar-refractivity contribution < 1.29 is 14.4 Å².